The normalized spacial score (nSPS) is 22.0. The van der Waals surface area contributed by atoms with Gasteiger partial charge in [0.2, 0.25) is 5.91 Å². The summed E-state index contributed by atoms with van der Waals surface area (Å²) in [5.74, 6) is -1.99. The van der Waals surface area contributed by atoms with Crippen LogP contribution in [0, 0.1) is 18.8 Å². The standard InChI is InChI=1S/C12H12BrNO3/c1-6-4-7(2-3-10(6)13)14-11(15)8-5-9(8)12(16)17/h2-4,8-9H,5H2,1H3,(H,14,15)(H,16,17)/t8-,9+/m1/s1. The molecule has 90 valence electrons. The van der Waals surface area contributed by atoms with Crippen LogP contribution in [0.4, 0.5) is 5.69 Å². The summed E-state index contributed by atoms with van der Waals surface area (Å²) in [7, 11) is 0. The van der Waals surface area contributed by atoms with Crippen molar-refractivity contribution in [2.75, 3.05) is 5.32 Å². The summed E-state index contributed by atoms with van der Waals surface area (Å²) < 4.78 is 0.977. The Labute approximate surface area is 107 Å². The highest BCUT2D eigenvalue weighted by Crippen LogP contribution is 2.39. The minimum atomic E-state index is -0.892. The van der Waals surface area contributed by atoms with Crippen LogP contribution in [0.2, 0.25) is 0 Å². The number of amides is 1. The van der Waals surface area contributed by atoms with Gasteiger partial charge in [-0.3, -0.25) is 9.59 Å². The maximum Gasteiger partial charge on any atom is 0.307 e. The van der Waals surface area contributed by atoms with Crippen molar-refractivity contribution in [3.8, 4) is 0 Å². The molecule has 5 heteroatoms. The van der Waals surface area contributed by atoms with Crippen LogP contribution in [0.15, 0.2) is 22.7 Å². The van der Waals surface area contributed by atoms with E-state index in [0.29, 0.717) is 12.1 Å². The maximum absolute atomic E-state index is 11.7. The number of benzene rings is 1. The SMILES string of the molecule is Cc1cc(NC(=O)[C@@H]2C[C@@H]2C(=O)O)ccc1Br. The van der Waals surface area contributed by atoms with Crippen LogP contribution in [-0.2, 0) is 9.59 Å². The lowest BCUT2D eigenvalue weighted by Crippen LogP contribution is -2.16. The molecule has 1 saturated carbocycles. The van der Waals surface area contributed by atoms with E-state index < -0.39 is 11.9 Å². The van der Waals surface area contributed by atoms with Crippen molar-refractivity contribution in [3.05, 3.63) is 28.2 Å². The third-order valence-electron chi connectivity index (χ3n) is 2.87. The van der Waals surface area contributed by atoms with Crippen LogP contribution in [0.25, 0.3) is 0 Å². The number of carbonyl (C=O) groups excluding carboxylic acids is 1. The Bertz CT molecular complexity index is 487. The minimum Gasteiger partial charge on any atom is -0.481 e. The molecule has 2 N–H and O–H groups in total. The first-order valence-corrected chi connectivity index (χ1v) is 6.08. The van der Waals surface area contributed by atoms with Crippen LogP contribution in [0.5, 0.6) is 0 Å². The van der Waals surface area contributed by atoms with E-state index >= 15 is 0 Å². The molecule has 0 aromatic heterocycles. The first kappa shape index (κ1) is 12.1. The van der Waals surface area contributed by atoms with Crippen molar-refractivity contribution < 1.29 is 14.7 Å². The summed E-state index contributed by atoms with van der Waals surface area (Å²) in [6.45, 7) is 1.93. The zero-order valence-corrected chi connectivity index (χ0v) is 10.8. The third kappa shape index (κ3) is 2.66. The van der Waals surface area contributed by atoms with E-state index in [9.17, 15) is 9.59 Å². The Morgan fingerprint density at radius 2 is 2.12 bits per heavy atom. The predicted molar refractivity (Wildman–Crippen MR) is 66.7 cm³/mol. The molecule has 1 fully saturated rings. The quantitative estimate of drug-likeness (QED) is 0.900. The molecule has 2 rings (SSSR count). The molecule has 1 amide bonds. The van der Waals surface area contributed by atoms with E-state index in [1.54, 1.807) is 6.07 Å². The number of carboxylic acid groups (broad SMARTS) is 1. The second-order valence-corrected chi connectivity index (χ2v) is 5.09. The Balaban J connectivity index is 2.00. The van der Waals surface area contributed by atoms with Gasteiger partial charge in [0.1, 0.15) is 0 Å². The van der Waals surface area contributed by atoms with E-state index in [2.05, 4.69) is 21.2 Å². The molecule has 0 aliphatic heterocycles. The monoisotopic (exact) mass is 297 g/mol. The Morgan fingerprint density at radius 1 is 1.41 bits per heavy atom. The van der Waals surface area contributed by atoms with E-state index in [1.165, 1.54) is 0 Å². The molecule has 0 radical (unpaired) electrons. The Morgan fingerprint density at radius 3 is 2.65 bits per heavy atom. The molecule has 1 aliphatic rings. The van der Waals surface area contributed by atoms with Gasteiger partial charge in [-0.1, -0.05) is 15.9 Å². The zero-order valence-electron chi connectivity index (χ0n) is 9.24. The number of carbonyl (C=O) groups is 2. The van der Waals surface area contributed by atoms with Crippen molar-refractivity contribution in [2.24, 2.45) is 11.8 Å². The largest absolute Gasteiger partial charge is 0.481 e. The van der Waals surface area contributed by atoms with Gasteiger partial charge < -0.3 is 10.4 Å². The van der Waals surface area contributed by atoms with Gasteiger partial charge in [0.05, 0.1) is 11.8 Å². The van der Waals surface area contributed by atoms with Crippen LogP contribution < -0.4 is 5.32 Å². The molecule has 0 spiro atoms. The van der Waals surface area contributed by atoms with Gasteiger partial charge in [-0.2, -0.15) is 0 Å². The van der Waals surface area contributed by atoms with E-state index in [1.807, 2.05) is 19.1 Å². The van der Waals surface area contributed by atoms with Gasteiger partial charge in [0, 0.05) is 10.2 Å². The summed E-state index contributed by atoms with van der Waals surface area (Å²) in [4.78, 5) is 22.3. The van der Waals surface area contributed by atoms with Gasteiger partial charge in [-0.05, 0) is 37.1 Å². The second kappa shape index (κ2) is 4.49. The summed E-state index contributed by atoms with van der Waals surface area (Å²) in [6, 6.07) is 5.49. The average molecular weight is 298 g/mol. The fourth-order valence-corrected chi connectivity index (χ4v) is 1.96. The lowest BCUT2D eigenvalue weighted by atomic mass is 10.2. The van der Waals surface area contributed by atoms with Crippen molar-refractivity contribution in [1.29, 1.82) is 0 Å². The Hall–Kier alpha value is -1.36. The van der Waals surface area contributed by atoms with Crippen molar-refractivity contribution in [1.82, 2.24) is 0 Å². The molecule has 17 heavy (non-hydrogen) atoms. The molecule has 1 aliphatic carbocycles. The molecule has 4 nitrogen and oxygen atoms in total. The Kier molecular flexibility index (Phi) is 3.19. The van der Waals surface area contributed by atoms with Crippen LogP contribution in [0.3, 0.4) is 0 Å². The summed E-state index contributed by atoms with van der Waals surface area (Å²) in [5, 5.41) is 11.5. The van der Waals surface area contributed by atoms with Gasteiger partial charge in [0.15, 0.2) is 0 Å². The van der Waals surface area contributed by atoms with Crippen LogP contribution in [-0.4, -0.2) is 17.0 Å². The van der Waals surface area contributed by atoms with Crippen LogP contribution >= 0.6 is 15.9 Å². The van der Waals surface area contributed by atoms with Crippen molar-refractivity contribution in [3.63, 3.8) is 0 Å². The molecule has 1 aromatic carbocycles. The lowest BCUT2D eigenvalue weighted by Gasteiger charge is -2.06. The zero-order chi connectivity index (χ0) is 12.6. The van der Waals surface area contributed by atoms with Gasteiger partial charge >= 0.3 is 5.97 Å². The molecule has 2 atom stereocenters. The van der Waals surface area contributed by atoms with Crippen molar-refractivity contribution in [2.45, 2.75) is 13.3 Å². The van der Waals surface area contributed by atoms with Gasteiger partial charge in [-0.15, -0.1) is 0 Å². The van der Waals surface area contributed by atoms with E-state index in [-0.39, 0.29) is 11.8 Å². The van der Waals surface area contributed by atoms with E-state index in [0.717, 1.165) is 10.0 Å². The second-order valence-electron chi connectivity index (χ2n) is 4.24. The fraction of sp³-hybridized carbons (Fsp3) is 0.333. The number of aryl methyl sites for hydroxylation is 1. The highest BCUT2D eigenvalue weighted by Gasteiger charge is 2.48. The lowest BCUT2D eigenvalue weighted by molar-refractivity contribution is -0.139. The first-order valence-electron chi connectivity index (χ1n) is 5.29. The number of aliphatic carboxylic acids is 1. The van der Waals surface area contributed by atoms with E-state index in [4.69, 9.17) is 5.11 Å². The number of carboxylic acids is 1. The number of hydrogen-bond acceptors (Lipinski definition) is 2. The average Bonchev–Trinajstić information content (AvgIpc) is 3.03. The summed E-state index contributed by atoms with van der Waals surface area (Å²) in [6.07, 6.45) is 0.441. The number of anilines is 1. The van der Waals surface area contributed by atoms with Crippen molar-refractivity contribution >= 4 is 33.5 Å². The van der Waals surface area contributed by atoms with Gasteiger partial charge in [-0.25, -0.2) is 0 Å². The highest BCUT2D eigenvalue weighted by molar-refractivity contribution is 9.10. The molecule has 1 aromatic rings. The molecular weight excluding hydrogens is 286 g/mol. The highest BCUT2D eigenvalue weighted by atomic mass is 79.9. The summed E-state index contributed by atoms with van der Waals surface area (Å²) in [5.41, 5.74) is 1.72. The number of rotatable bonds is 3. The van der Waals surface area contributed by atoms with Gasteiger partial charge in [0.25, 0.3) is 0 Å². The minimum absolute atomic E-state index is 0.209. The number of hydrogen-bond donors (Lipinski definition) is 2. The first-order chi connectivity index (χ1) is 7.99. The molecular formula is C12H12BrNO3. The molecule has 0 bridgehead atoms. The molecule has 0 heterocycles. The van der Waals surface area contributed by atoms with Crippen LogP contribution in [0.1, 0.15) is 12.0 Å². The topological polar surface area (TPSA) is 66.4 Å². The number of halogens is 1. The summed E-state index contributed by atoms with van der Waals surface area (Å²) >= 11 is 3.38. The predicted octanol–water partition coefficient (Wildman–Crippen LogP) is 2.42. The maximum atomic E-state index is 11.7. The smallest absolute Gasteiger partial charge is 0.307 e. The molecule has 0 saturated heterocycles. The number of nitrogens with one attached hydrogen (secondary N) is 1. The molecule has 0 unspecified atom stereocenters. The third-order valence-corrected chi connectivity index (χ3v) is 3.76. The fourth-order valence-electron chi connectivity index (χ4n) is 1.72.